The molecule has 0 radical (unpaired) electrons. The van der Waals surface area contributed by atoms with Gasteiger partial charge in [-0.05, 0) is 133 Å². The van der Waals surface area contributed by atoms with Crippen LogP contribution in [-0.4, -0.2) is 0 Å². The fourth-order valence-electron chi connectivity index (χ4n) is 11.5. The van der Waals surface area contributed by atoms with Gasteiger partial charge >= 0.3 is 0 Å². The second-order valence-corrected chi connectivity index (χ2v) is 17.0. The van der Waals surface area contributed by atoms with Gasteiger partial charge in [0.25, 0.3) is 0 Å². The van der Waals surface area contributed by atoms with E-state index in [1.165, 1.54) is 104 Å². The third-order valence-electron chi connectivity index (χ3n) is 14.0. The standard InChI is InChI=1S/C57H41NO/c1-2-14-37(15-3-1)43-30-26-38-17-12-21-49-45-19-7-10-23-51(45)57(56(43)55(38)49)50-22-9-6-18-44(50)46-31-28-41(34-52(46)57)58(40-27-25-36-13-4-5-16-39(36)33-40)42-29-32-48-47-20-8-11-24-53(47)59-54(48)35-42/h4-13,16-35,37H,1-3,14-15H2. The average molecular weight is 756 g/mol. The summed E-state index contributed by atoms with van der Waals surface area (Å²) >= 11 is 0. The fourth-order valence-corrected chi connectivity index (χ4v) is 11.5. The van der Waals surface area contributed by atoms with E-state index < -0.39 is 5.41 Å². The SMILES string of the molecule is c1ccc2c(c1)-c1ccc(N(c3ccc4ccccc4c3)c3ccc4c(c3)oc3ccccc34)cc1C21c2ccccc2-c2cccc3ccc(C4CCCCC4)c1c23. The summed E-state index contributed by atoms with van der Waals surface area (Å²) in [7, 11) is 0. The van der Waals surface area contributed by atoms with Gasteiger partial charge in [-0.25, -0.2) is 0 Å². The molecule has 0 N–H and O–H groups in total. The van der Waals surface area contributed by atoms with Crippen LogP contribution < -0.4 is 4.90 Å². The Kier molecular flexibility index (Phi) is 7.04. The summed E-state index contributed by atoms with van der Waals surface area (Å²) in [6.07, 6.45) is 6.40. The zero-order chi connectivity index (χ0) is 38.7. The Morgan fingerprint density at radius 3 is 1.90 bits per heavy atom. The molecule has 59 heavy (non-hydrogen) atoms. The molecular weight excluding hydrogens is 715 g/mol. The van der Waals surface area contributed by atoms with Crippen molar-refractivity contribution in [2.45, 2.75) is 43.4 Å². The first-order chi connectivity index (χ1) is 29.3. The largest absolute Gasteiger partial charge is 0.456 e. The smallest absolute Gasteiger partial charge is 0.137 e. The molecule has 1 aromatic heterocycles. The van der Waals surface area contributed by atoms with Gasteiger partial charge in [0.1, 0.15) is 11.2 Å². The van der Waals surface area contributed by atoms with E-state index in [4.69, 9.17) is 4.42 Å². The second-order valence-electron chi connectivity index (χ2n) is 17.0. The average Bonchev–Trinajstić information content (AvgIpc) is 3.81. The van der Waals surface area contributed by atoms with Gasteiger partial charge in [-0.2, -0.15) is 0 Å². The summed E-state index contributed by atoms with van der Waals surface area (Å²) in [6, 6.07) is 68.4. The van der Waals surface area contributed by atoms with Gasteiger partial charge in [0.05, 0.1) is 5.41 Å². The zero-order valence-electron chi connectivity index (χ0n) is 32.8. The molecule has 0 saturated heterocycles. The van der Waals surface area contributed by atoms with Crippen molar-refractivity contribution in [3.63, 3.8) is 0 Å². The van der Waals surface area contributed by atoms with Crippen molar-refractivity contribution in [2.75, 3.05) is 4.90 Å². The number of benzene rings is 9. The first-order valence-corrected chi connectivity index (χ1v) is 21.4. The van der Waals surface area contributed by atoms with Gasteiger partial charge in [0.15, 0.2) is 0 Å². The van der Waals surface area contributed by atoms with Crippen LogP contribution in [0.25, 0.3) is 65.7 Å². The van der Waals surface area contributed by atoms with Crippen molar-refractivity contribution >= 4 is 60.5 Å². The summed E-state index contributed by atoms with van der Waals surface area (Å²) in [6.45, 7) is 0. The predicted octanol–water partition coefficient (Wildman–Crippen LogP) is 15.8. The van der Waals surface area contributed by atoms with Gasteiger partial charge < -0.3 is 9.32 Å². The normalized spacial score (nSPS) is 16.8. The molecule has 3 aliphatic carbocycles. The van der Waals surface area contributed by atoms with Crippen LogP contribution in [-0.2, 0) is 5.41 Å². The van der Waals surface area contributed by atoms with E-state index in [-0.39, 0.29) is 0 Å². The monoisotopic (exact) mass is 755 g/mol. The van der Waals surface area contributed by atoms with Gasteiger partial charge in [0, 0.05) is 33.9 Å². The van der Waals surface area contributed by atoms with E-state index in [0.29, 0.717) is 5.92 Å². The number of furan rings is 1. The van der Waals surface area contributed by atoms with Crippen molar-refractivity contribution in [2.24, 2.45) is 0 Å². The molecule has 0 bridgehead atoms. The molecule has 9 aromatic carbocycles. The van der Waals surface area contributed by atoms with Crippen molar-refractivity contribution < 1.29 is 4.42 Å². The lowest BCUT2D eigenvalue weighted by Gasteiger charge is -2.43. The Morgan fingerprint density at radius 2 is 1.03 bits per heavy atom. The van der Waals surface area contributed by atoms with Crippen LogP contribution in [0.4, 0.5) is 17.1 Å². The molecule has 2 heteroatoms. The number of anilines is 3. The van der Waals surface area contributed by atoms with Crippen molar-refractivity contribution in [1.82, 2.24) is 0 Å². The Labute approximate surface area is 344 Å². The zero-order valence-corrected chi connectivity index (χ0v) is 32.8. The van der Waals surface area contributed by atoms with E-state index >= 15 is 0 Å². The molecule has 3 aliphatic rings. The predicted molar refractivity (Wildman–Crippen MR) is 246 cm³/mol. The van der Waals surface area contributed by atoms with Crippen LogP contribution in [0, 0.1) is 0 Å². The third kappa shape index (κ3) is 4.63. The summed E-state index contributed by atoms with van der Waals surface area (Å²) in [5.74, 6) is 0.530. The molecule has 2 nitrogen and oxygen atoms in total. The number of hydrogen-bond acceptors (Lipinski definition) is 2. The van der Waals surface area contributed by atoms with Crippen molar-refractivity contribution in [3.05, 3.63) is 210 Å². The molecule has 1 atom stereocenters. The summed E-state index contributed by atoms with van der Waals surface area (Å²) < 4.78 is 6.54. The number of rotatable bonds is 4. The highest BCUT2D eigenvalue weighted by Crippen LogP contribution is 2.64. The first kappa shape index (κ1) is 33.1. The molecule has 1 saturated carbocycles. The van der Waals surface area contributed by atoms with Crippen LogP contribution >= 0.6 is 0 Å². The fraction of sp³-hybridized carbons (Fsp3) is 0.123. The quantitative estimate of drug-likeness (QED) is 0.178. The maximum Gasteiger partial charge on any atom is 0.137 e. The minimum atomic E-state index is -0.503. The molecule has 10 aromatic rings. The Balaban J connectivity index is 1.13. The molecule has 0 aliphatic heterocycles. The lowest BCUT2D eigenvalue weighted by molar-refractivity contribution is 0.440. The minimum absolute atomic E-state index is 0.503. The third-order valence-corrected chi connectivity index (χ3v) is 14.0. The highest BCUT2D eigenvalue weighted by atomic mass is 16.3. The number of nitrogens with zero attached hydrogens (tertiary/aromatic N) is 1. The topological polar surface area (TPSA) is 16.4 Å². The molecule has 1 fully saturated rings. The first-order valence-electron chi connectivity index (χ1n) is 21.4. The Morgan fingerprint density at radius 1 is 0.424 bits per heavy atom. The van der Waals surface area contributed by atoms with Crippen LogP contribution in [0.2, 0.25) is 0 Å². The van der Waals surface area contributed by atoms with Gasteiger partial charge in [0.2, 0.25) is 0 Å². The summed E-state index contributed by atoms with van der Waals surface area (Å²) in [4.78, 5) is 2.45. The number of fused-ring (bicyclic) bond motifs is 13. The summed E-state index contributed by atoms with van der Waals surface area (Å²) in [5, 5.41) is 7.46. The molecule has 0 amide bonds. The lowest BCUT2D eigenvalue weighted by atomic mass is 9.59. The van der Waals surface area contributed by atoms with Gasteiger partial charge in [-0.3, -0.25) is 0 Å². The maximum atomic E-state index is 6.54. The van der Waals surface area contributed by atoms with E-state index in [1.54, 1.807) is 0 Å². The maximum absolute atomic E-state index is 6.54. The second kappa shape index (κ2) is 12.5. The highest BCUT2D eigenvalue weighted by molar-refractivity contribution is 6.09. The molecule has 1 heterocycles. The minimum Gasteiger partial charge on any atom is -0.456 e. The molecule has 13 rings (SSSR count). The van der Waals surface area contributed by atoms with Crippen molar-refractivity contribution in [1.29, 1.82) is 0 Å². The van der Waals surface area contributed by atoms with Crippen LogP contribution in [0.15, 0.2) is 186 Å². The summed E-state index contributed by atoms with van der Waals surface area (Å²) in [5.41, 5.74) is 17.1. The molecule has 1 spiro atoms. The molecular formula is C57H41NO. The Bertz CT molecular complexity index is 3340. The molecule has 280 valence electrons. The van der Waals surface area contributed by atoms with Crippen LogP contribution in [0.1, 0.15) is 65.8 Å². The van der Waals surface area contributed by atoms with Crippen LogP contribution in [0.5, 0.6) is 0 Å². The van der Waals surface area contributed by atoms with E-state index in [0.717, 1.165) is 39.0 Å². The van der Waals surface area contributed by atoms with E-state index in [1.807, 2.05) is 6.07 Å². The lowest BCUT2D eigenvalue weighted by Crippen LogP contribution is -2.34. The van der Waals surface area contributed by atoms with Gasteiger partial charge in [-0.1, -0.05) is 153 Å². The van der Waals surface area contributed by atoms with E-state index in [2.05, 4.69) is 181 Å². The number of hydrogen-bond donors (Lipinski definition) is 0. The van der Waals surface area contributed by atoms with Crippen molar-refractivity contribution in [3.8, 4) is 22.3 Å². The highest BCUT2D eigenvalue weighted by Gasteiger charge is 2.51. The number of para-hydroxylation sites is 1. The molecule has 1 unspecified atom stereocenters. The van der Waals surface area contributed by atoms with E-state index in [9.17, 15) is 0 Å². The van der Waals surface area contributed by atoms with Crippen LogP contribution in [0.3, 0.4) is 0 Å². The Hall–Kier alpha value is -6.90. The van der Waals surface area contributed by atoms with Gasteiger partial charge in [-0.15, -0.1) is 0 Å².